The molecule has 1 aromatic heterocycles. The van der Waals surface area contributed by atoms with E-state index < -0.39 is 10.0 Å². The summed E-state index contributed by atoms with van der Waals surface area (Å²) in [4.78, 5) is 14.5. The minimum absolute atomic E-state index is 0.0174. The zero-order valence-corrected chi connectivity index (χ0v) is 19.0. The number of thiophene rings is 1. The number of nitrogens with one attached hydrogen (secondary N) is 1. The summed E-state index contributed by atoms with van der Waals surface area (Å²) in [6.45, 7) is 1.10. The fourth-order valence-electron chi connectivity index (χ4n) is 3.10. The van der Waals surface area contributed by atoms with Gasteiger partial charge in [0, 0.05) is 26.1 Å². The van der Waals surface area contributed by atoms with Crippen molar-refractivity contribution >= 4 is 27.3 Å². The van der Waals surface area contributed by atoms with Crippen LogP contribution < -0.4 is 14.8 Å². The first-order chi connectivity index (χ1) is 14.3. The van der Waals surface area contributed by atoms with Gasteiger partial charge in [-0.15, -0.1) is 0 Å². The Bertz CT molecular complexity index is 961. The maximum Gasteiger partial charge on any atom is 0.243 e. The molecule has 1 unspecified atom stereocenters. The number of amides is 1. The molecule has 1 amide bonds. The summed E-state index contributed by atoms with van der Waals surface area (Å²) >= 11 is 1.60. The number of ether oxygens (including phenoxy) is 2. The lowest BCUT2D eigenvalue weighted by molar-refractivity contribution is -0.121. The third-order valence-electron chi connectivity index (χ3n) is 4.84. The maximum atomic E-state index is 12.9. The molecule has 3 rings (SSSR count). The Morgan fingerprint density at radius 3 is 2.57 bits per heavy atom. The van der Waals surface area contributed by atoms with E-state index in [9.17, 15) is 13.2 Å². The monoisotopic (exact) mass is 453 g/mol. The Hall–Kier alpha value is -2.14. The standard InChI is InChI=1S/C20H27N3O5S2/c1-22(2)17(15-7-10-29-14-15)12-21-20(24)13-23(3)30(25,26)16-5-6-18-19(11-16)28-9-4-8-27-18/h5-7,10-11,14,17H,4,8-9,12-13H2,1-3H3,(H,21,24). The Kier molecular flexibility index (Phi) is 7.35. The summed E-state index contributed by atoms with van der Waals surface area (Å²) < 4.78 is 38.0. The fraction of sp³-hybridized carbons (Fsp3) is 0.450. The highest BCUT2D eigenvalue weighted by Gasteiger charge is 2.25. The summed E-state index contributed by atoms with van der Waals surface area (Å²) in [6, 6.07) is 6.54. The van der Waals surface area contributed by atoms with Crippen molar-refractivity contribution in [1.29, 1.82) is 0 Å². The second-order valence-electron chi connectivity index (χ2n) is 7.26. The lowest BCUT2D eigenvalue weighted by atomic mass is 10.1. The Morgan fingerprint density at radius 2 is 1.90 bits per heavy atom. The smallest absolute Gasteiger partial charge is 0.243 e. The first-order valence-corrected chi connectivity index (χ1v) is 12.0. The number of hydrogen-bond acceptors (Lipinski definition) is 7. The molecule has 30 heavy (non-hydrogen) atoms. The van der Waals surface area contributed by atoms with Gasteiger partial charge in [-0.2, -0.15) is 15.6 Å². The number of fused-ring (bicyclic) bond motifs is 1. The average Bonchev–Trinajstić information content (AvgIpc) is 3.11. The third-order valence-corrected chi connectivity index (χ3v) is 7.34. The predicted molar refractivity (Wildman–Crippen MR) is 116 cm³/mol. The SMILES string of the molecule is CN(C)C(CNC(=O)CN(C)S(=O)(=O)c1ccc2c(c1)OCCCO2)c1ccsc1. The molecule has 0 radical (unpaired) electrons. The zero-order valence-electron chi connectivity index (χ0n) is 17.3. The van der Waals surface area contributed by atoms with Gasteiger partial charge in [0.25, 0.3) is 0 Å². The van der Waals surface area contributed by atoms with Crippen molar-refractivity contribution < 1.29 is 22.7 Å². The minimum atomic E-state index is -3.85. The van der Waals surface area contributed by atoms with E-state index in [2.05, 4.69) is 5.32 Å². The van der Waals surface area contributed by atoms with Crippen LogP contribution in [0.4, 0.5) is 0 Å². The van der Waals surface area contributed by atoms with Crippen molar-refractivity contribution in [3.05, 3.63) is 40.6 Å². The molecule has 164 valence electrons. The van der Waals surface area contributed by atoms with E-state index in [4.69, 9.17) is 9.47 Å². The van der Waals surface area contributed by atoms with Crippen LogP contribution in [0.25, 0.3) is 0 Å². The molecule has 2 heterocycles. The van der Waals surface area contributed by atoms with E-state index in [0.29, 0.717) is 31.3 Å². The summed E-state index contributed by atoms with van der Waals surface area (Å²) in [5.41, 5.74) is 1.11. The van der Waals surface area contributed by atoms with E-state index in [-0.39, 0.29) is 23.4 Å². The van der Waals surface area contributed by atoms with Crippen molar-refractivity contribution in [3.63, 3.8) is 0 Å². The number of sulfonamides is 1. The lowest BCUT2D eigenvalue weighted by Crippen LogP contribution is -2.41. The summed E-state index contributed by atoms with van der Waals surface area (Å²) in [6.07, 6.45) is 0.732. The van der Waals surface area contributed by atoms with Gasteiger partial charge in [-0.3, -0.25) is 4.79 Å². The molecule has 1 atom stereocenters. The van der Waals surface area contributed by atoms with Crippen LogP contribution >= 0.6 is 11.3 Å². The highest BCUT2D eigenvalue weighted by molar-refractivity contribution is 7.89. The molecule has 1 aliphatic rings. The second kappa shape index (κ2) is 9.78. The Morgan fingerprint density at radius 1 is 1.17 bits per heavy atom. The number of benzene rings is 1. The molecule has 10 heteroatoms. The van der Waals surface area contributed by atoms with Gasteiger partial charge in [0.1, 0.15) is 0 Å². The molecule has 1 N–H and O–H groups in total. The summed E-state index contributed by atoms with van der Waals surface area (Å²) in [5.74, 6) is 0.559. The number of carbonyl (C=O) groups is 1. The molecule has 0 bridgehead atoms. The van der Waals surface area contributed by atoms with Gasteiger partial charge >= 0.3 is 0 Å². The van der Waals surface area contributed by atoms with E-state index in [1.54, 1.807) is 17.4 Å². The van der Waals surface area contributed by atoms with Crippen LogP contribution in [-0.2, 0) is 14.8 Å². The van der Waals surface area contributed by atoms with Crippen LogP contribution in [0.3, 0.4) is 0 Å². The molecule has 0 saturated heterocycles. The molecule has 0 spiro atoms. The molecular formula is C20H27N3O5S2. The molecule has 1 aliphatic heterocycles. The van der Waals surface area contributed by atoms with Gasteiger partial charge < -0.3 is 19.7 Å². The van der Waals surface area contributed by atoms with Crippen molar-refractivity contribution in [2.24, 2.45) is 0 Å². The van der Waals surface area contributed by atoms with Crippen LogP contribution in [0.5, 0.6) is 11.5 Å². The Labute approximate surface area is 181 Å². The van der Waals surface area contributed by atoms with Crippen LogP contribution in [-0.4, -0.2) is 71.0 Å². The molecular weight excluding hydrogens is 426 g/mol. The number of likely N-dealkylation sites (N-methyl/N-ethyl adjacent to an activating group) is 2. The number of carbonyl (C=O) groups excluding carboxylic acids is 1. The molecule has 1 aromatic carbocycles. The molecule has 2 aromatic rings. The second-order valence-corrected chi connectivity index (χ2v) is 10.1. The molecule has 0 aliphatic carbocycles. The fourth-order valence-corrected chi connectivity index (χ4v) is 4.95. The van der Waals surface area contributed by atoms with Crippen LogP contribution in [0.2, 0.25) is 0 Å². The minimum Gasteiger partial charge on any atom is -0.490 e. The van der Waals surface area contributed by atoms with Crippen molar-refractivity contribution in [2.75, 3.05) is 47.4 Å². The first-order valence-electron chi connectivity index (χ1n) is 9.60. The molecule has 0 saturated carbocycles. The largest absolute Gasteiger partial charge is 0.490 e. The molecule has 8 nitrogen and oxygen atoms in total. The average molecular weight is 454 g/mol. The van der Waals surface area contributed by atoms with Gasteiger partial charge in [0.15, 0.2) is 11.5 Å². The summed E-state index contributed by atoms with van der Waals surface area (Å²) in [5, 5.41) is 6.87. The van der Waals surface area contributed by atoms with E-state index in [1.165, 1.54) is 19.2 Å². The maximum absolute atomic E-state index is 12.9. The van der Waals surface area contributed by atoms with Crippen molar-refractivity contribution in [2.45, 2.75) is 17.4 Å². The van der Waals surface area contributed by atoms with Gasteiger partial charge in [0.05, 0.1) is 30.7 Å². The topological polar surface area (TPSA) is 88.2 Å². The quantitative estimate of drug-likeness (QED) is 0.657. The van der Waals surface area contributed by atoms with Crippen LogP contribution in [0.1, 0.15) is 18.0 Å². The highest BCUT2D eigenvalue weighted by atomic mass is 32.2. The summed E-state index contributed by atoms with van der Waals surface area (Å²) in [7, 11) is 1.42. The number of hydrogen-bond donors (Lipinski definition) is 1. The number of nitrogens with zero attached hydrogens (tertiary/aromatic N) is 2. The number of rotatable bonds is 8. The normalized spacial score (nSPS) is 15.1. The highest BCUT2D eigenvalue weighted by Crippen LogP contribution is 2.32. The Balaban J connectivity index is 1.63. The van der Waals surface area contributed by atoms with E-state index in [0.717, 1.165) is 16.3 Å². The lowest BCUT2D eigenvalue weighted by Gasteiger charge is -2.24. The van der Waals surface area contributed by atoms with Crippen molar-refractivity contribution in [1.82, 2.24) is 14.5 Å². The van der Waals surface area contributed by atoms with Crippen LogP contribution in [0.15, 0.2) is 39.9 Å². The molecule has 0 fully saturated rings. The first kappa shape index (κ1) is 22.5. The van der Waals surface area contributed by atoms with Crippen molar-refractivity contribution in [3.8, 4) is 11.5 Å². The van der Waals surface area contributed by atoms with Gasteiger partial charge in [0.2, 0.25) is 15.9 Å². The van der Waals surface area contributed by atoms with Gasteiger partial charge in [-0.1, -0.05) is 0 Å². The zero-order chi connectivity index (χ0) is 21.7. The predicted octanol–water partition coefficient (Wildman–Crippen LogP) is 1.95. The van der Waals surface area contributed by atoms with E-state index >= 15 is 0 Å². The van der Waals surface area contributed by atoms with Gasteiger partial charge in [-0.05, 0) is 48.6 Å². The third kappa shape index (κ3) is 5.31. The van der Waals surface area contributed by atoms with Gasteiger partial charge in [-0.25, -0.2) is 8.42 Å². The van der Waals surface area contributed by atoms with Crippen LogP contribution in [0, 0.1) is 0 Å². The van der Waals surface area contributed by atoms with E-state index in [1.807, 2.05) is 35.8 Å².